The maximum absolute atomic E-state index is 12.9. The Labute approximate surface area is 86.6 Å². The van der Waals surface area contributed by atoms with E-state index in [0.29, 0.717) is 10.8 Å². The Bertz CT molecular complexity index is 341. The zero-order valence-corrected chi connectivity index (χ0v) is 8.67. The first-order valence-corrected chi connectivity index (χ1v) is 4.41. The van der Waals surface area contributed by atoms with Crippen LogP contribution in [-0.2, 0) is 0 Å². The Morgan fingerprint density at radius 1 is 1.50 bits per heavy atom. The van der Waals surface area contributed by atoms with Gasteiger partial charge >= 0.3 is 0 Å². The summed E-state index contributed by atoms with van der Waals surface area (Å²) in [5.74, 6) is -0.719. The number of rotatable bonds is 1. The molecule has 0 bridgehead atoms. The highest BCUT2D eigenvalue weighted by atomic mass is 79.9. The Kier molecular flexibility index (Phi) is 3.09. The van der Waals surface area contributed by atoms with Gasteiger partial charge in [-0.15, -0.1) is 0 Å². The van der Waals surface area contributed by atoms with E-state index < -0.39 is 5.82 Å². The van der Waals surface area contributed by atoms with E-state index in [9.17, 15) is 9.18 Å². The predicted octanol–water partition coefficient (Wildman–Crippen LogP) is 3.71. The third kappa shape index (κ3) is 1.63. The van der Waals surface area contributed by atoms with Gasteiger partial charge in [0.15, 0.2) is 6.29 Å². The van der Waals surface area contributed by atoms with Crippen LogP contribution in [0.4, 0.5) is 4.39 Å². The van der Waals surface area contributed by atoms with Crippen molar-refractivity contribution in [1.29, 1.82) is 0 Å². The fourth-order valence-electron chi connectivity index (χ4n) is 0.688. The molecular weight excluding hydrogens is 270 g/mol. The molecule has 0 aromatic heterocycles. The highest BCUT2D eigenvalue weighted by Crippen LogP contribution is 2.33. The lowest BCUT2D eigenvalue weighted by molar-refractivity contribution is 0.112. The molecule has 0 fully saturated rings. The molecule has 1 rings (SSSR count). The molecule has 1 aromatic rings. The van der Waals surface area contributed by atoms with Crippen molar-refractivity contribution in [3.05, 3.63) is 32.0 Å². The van der Waals surface area contributed by atoms with Gasteiger partial charge in [-0.25, -0.2) is 4.39 Å². The number of hydrogen-bond acceptors (Lipinski definition) is 1. The van der Waals surface area contributed by atoms with Crippen LogP contribution in [-0.4, -0.2) is 6.29 Å². The number of carbonyl (C=O) groups excluding carboxylic acids is 1. The number of hydrogen-bond donors (Lipinski definition) is 0. The van der Waals surface area contributed by atoms with E-state index >= 15 is 0 Å². The summed E-state index contributed by atoms with van der Waals surface area (Å²) in [5.41, 5.74) is -0.187. The quantitative estimate of drug-likeness (QED) is 0.432. The number of benzene rings is 1. The SMILES string of the molecule is O=Cc1c(F)cc(Cl)c(Br)c1Cl. The first-order chi connectivity index (χ1) is 5.57. The molecule has 0 aliphatic rings. The maximum atomic E-state index is 12.9. The van der Waals surface area contributed by atoms with Crippen molar-refractivity contribution in [2.75, 3.05) is 0 Å². The molecule has 0 radical (unpaired) electrons. The molecule has 0 aliphatic heterocycles. The van der Waals surface area contributed by atoms with Crippen LogP contribution in [0.3, 0.4) is 0 Å². The fourth-order valence-corrected chi connectivity index (χ4v) is 1.49. The van der Waals surface area contributed by atoms with Crippen LogP contribution in [0.15, 0.2) is 10.5 Å². The minimum absolute atomic E-state index is 0.00463. The molecule has 64 valence electrons. The highest BCUT2D eigenvalue weighted by Gasteiger charge is 2.13. The van der Waals surface area contributed by atoms with Crippen LogP contribution < -0.4 is 0 Å². The standard InChI is InChI=1S/C7H2BrCl2FO/c8-6-4(9)1-5(11)3(2-12)7(6)10/h1-2H. The normalized spacial score (nSPS) is 10.0. The van der Waals surface area contributed by atoms with Crippen LogP contribution >= 0.6 is 39.1 Å². The minimum atomic E-state index is -0.719. The third-order valence-corrected chi connectivity index (χ3v) is 3.24. The molecule has 1 nitrogen and oxygen atoms in total. The van der Waals surface area contributed by atoms with Crippen molar-refractivity contribution in [3.63, 3.8) is 0 Å². The zero-order valence-electron chi connectivity index (χ0n) is 5.57. The summed E-state index contributed by atoms with van der Waals surface area (Å²) < 4.78 is 13.2. The van der Waals surface area contributed by atoms with E-state index in [1.54, 1.807) is 0 Å². The summed E-state index contributed by atoms with van der Waals surface area (Å²) >= 11 is 14.2. The second-order valence-corrected chi connectivity index (χ2v) is 3.58. The Morgan fingerprint density at radius 2 is 2.08 bits per heavy atom. The third-order valence-electron chi connectivity index (χ3n) is 1.27. The molecule has 1 aromatic carbocycles. The van der Waals surface area contributed by atoms with Gasteiger partial charge in [0.05, 0.1) is 20.1 Å². The molecule has 0 aliphatic carbocycles. The largest absolute Gasteiger partial charge is 0.298 e. The van der Waals surface area contributed by atoms with E-state index in [-0.39, 0.29) is 15.6 Å². The van der Waals surface area contributed by atoms with Crippen LogP contribution in [0, 0.1) is 5.82 Å². The predicted molar refractivity (Wildman–Crippen MR) is 49.5 cm³/mol. The summed E-state index contributed by atoms with van der Waals surface area (Å²) in [4.78, 5) is 10.3. The Balaban J connectivity index is 3.51. The number of carbonyl (C=O) groups is 1. The average Bonchev–Trinajstić information content (AvgIpc) is 2.01. The monoisotopic (exact) mass is 270 g/mol. The van der Waals surface area contributed by atoms with Crippen LogP contribution in [0.5, 0.6) is 0 Å². The molecule has 0 spiro atoms. The van der Waals surface area contributed by atoms with Crippen molar-refractivity contribution in [1.82, 2.24) is 0 Å². The van der Waals surface area contributed by atoms with Gasteiger partial charge in [0.25, 0.3) is 0 Å². The van der Waals surface area contributed by atoms with E-state index in [1.807, 2.05) is 0 Å². The molecular formula is C7H2BrCl2FO. The first kappa shape index (κ1) is 9.96. The van der Waals surface area contributed by atoms with Crippen molar-refractivity contribution in [2.24, 2.45) is 0 Å². The van der Waals surface area contributed by atoms with Gasteiger partial charge in [-0.2, -0.15) is 0 Å². The molecule has 12 heavy (non-hydrogen) atoms. The lowest BCUT2D eigenvalue weighted by atomic mass is 10.2. The second kappa shape index (κ2) is 3.73. The van der Waals surface area contributed by atoms with Crippen molar-refractivity contribution >= 4 is 45.4 Å². The molecule has 0 N–H and O–H groups in total. The van der Waals surface area contributed by atoms with Gasteiger partial charge in [0.2, 0.25) is 0 Å². The molecule has 0 amide bonds. The smallest absolute Gasteiger partial charge is 0.154 e. The fraction of sp³-hybridized carbons (Fsp3) is 0. The summed E-state index contributed by atoms with van der Waals surface area (Å²) in [6.45, 7) is 0. The summed E-state index contributed by atoms with van der Waals surface area (Å²) in [6, 6.07) is 1.03. The van der Waals surface area contributed by atoms with Crippen molar-refractivity contribution in [2.45, 2.75) is 0 Å². The molecule has 0 saturated heterocycles. The number of halogens is 4. The van der Waals surface area contributed by atoms with Crippen molar-refractivity contribution in [3.8, 4) is 0 Å². The number of aldehydes is 1. The molecule has 0 saturated carbocycles. The van der Waals surface area contributed by atoms with Gasteiger partial charge < -0.3 is 0 Å². The van der Waals surface area contributed by atoms with Gasteiger partial charge in [0.1, 0.15) is 5.82 Å². The average molecular weight is 272 g/mol. The van der Waals surface area contributed by atoms with Gasteiger partial charge in [-0.05, 0) is 22.0 Å². The lowest BCUT2D eigenvalue weighted by Gasteiger charge is -2.02. The van der Waals surface area contributed by atoms with Gasteiger partial charge in [0, 0.05) is 0 Å². The van der Waals surface area contributed by atoms with E-state index in [1.165, 1.54) is 0 Å². The lowest BCUT2D eigenvalue weighted by Crippen LogP contribution is -1.90. The Morgan fingerprint density at radius 3 is 2.58 bits per heavy atom. The molecule has 0 heterocycles. The molecule has 5 heteroatoms. The van der Waals surface area contributed by atoms with E-state index in [0.717, 1.165) is 6.07 Å². The van der Waals surface area contributed by atoms with Gasteiger partial charge in [-0.3, -0.25) is 4.79 Å². The summed E-state index contributed by atoms with van der Waals surface area (Å²) in [7, 11) is 0. The summed E-state index contributed by atoms with van der Waals surface area (Å²) in [5, 5.41) is 0.137. The molecule has 0 unspecified atom stereocenters. The highest BCUT2D eigenvalue weighted by molar-refractivity contribution is 9.10. The Hall–Kier alpha value is -0.120. The minimum Gasteiger partial charge on any atom is -0.298 e. The van der Waals surface area contributed by atoms with Crippen LogP contribution in [0.2, 0.25) is 10.0 Å². The topological polar surface area (TPSA) is 17.1 Å². The maximum Gasteiger partial charge on any atom is 0.154 e. The van der Waals surface area contributed by atoms with E-state index in [4.69, 9.17) is 23.2 Å². The first-order valence-electron chi connectivity index (χ1n) is 2.86. The second-order valence-electron chi connectivity index (χ2n) is 2.00. The summed E-state index contributed by atoms with van der Waals surface area (Å²) in [6.07, 6.45) is 0.346. The molecule has 0 atom stereocenters. The van der Waals surface area contributed by atoms with E-state index in [2.05, 4.69) is 15.9 Å². The van der Waals surface area contributed by atoms with Gasteiger partial charge in [-0.1, -0.05) is 23.2 Å². The van der Waals surface area contributed by atoms with Crippen LogP contribution in [0.25, 0.3) is 0 Å². The van der Waals surface area contributed by atoms with Crippen molar-refractivity contribution < 1.29 is 9.18 Å². The zero-order chi connectivity index (χ0) is 9.30. The van der Waals surface area contributed by atoms with Crippen LogP contribution in [0.1, 0.15) is 10.4 Å².